The smallest absolute Gasteiger partial charge is 0.324 e. The third-order valence-corrected chi connectivity index (χ3v) is 1.72. The topological polar surface area (TPSA) is 49.4 Å². The summed E-state index contributed by atoms with van der Waals surface area (Å²) in [6.45, 7) is 1.13. The number of nitrogens with one attached hydrogen (secondary N) is 1. The number of hydrogen-bond donors (Lipinski definition) is 1. The quantitative estimate of drug-likeness (QED) is 0.579. The SMILES string of the molecule is O=C(CCl)N1CCCNC1=O. The minimum atomic E-state index is -0.332. The summed E-state index contributed by atoms with van der Waals surface area (Å²) >= 11 is 5.28. The molecular weight excluding hydrogens is 168 g/mol. The Morgan fingerprint density at radius 3 is 3.00 bits per heavy atom. The molecule has 0 unspecified atom stereocenters. The van der Waals surface area contributed by atoms with Gasteiger partial charge in [-0.3, -0.25) is 9.69 Å². The van der Waals surface area contributed by atoms with Crippen LogP contribution in [0.3, 0.4) is 0 Å². The Labute approximate surface area is 69.5 Å². The molecule has 5 heteroatoms. The fraction of sp³-hybridized carbons (Fsp3) is 0.667. The lowest BCUT2D eigenvalue weighted by Gasteiger charge is -2.24. The number of imide groups is 1. The van der Waals surface area contributed by atoms with Crippen LogP contribution in [0, 0.1) is 0 Å². The molecule has 0 aromatic heterocycles. The second-order valence-electron chi connectivity index (χ2n) is 2.26. The van der Waals surface area contributed by atoms with Crippen molar-refractivity contribution >= 4 is 23.5 Å². The zero-order valence-corrected chi connectivity index (χ0v) is 6.73. The largest absolute Gasteiger partial charge is 0.338 e. The molecule has 0 aliphatic carbocycles. The molecule has 1 aliphatic rings. The maximum absolute atomic E-state index is 10.9. The zero-order valence-electron chi connectivity index (χ0n) is 5.97. The molecule has 3 amide bonds. The number of alkyl halides is 1. The first-order valence-electron chi connectivity index (χ1n) is 3.40. The summed E-state index contributed by atoms with van der Waals surface area (Å²) in [4.78, 5) is 23.0. The number of nitrogens with zero attached hydrogens (tertiary/aromatic N) is 1. The number of carbonyl (C=O) groups is 2. The Hall–Kier alpha value is -0.770. The average Bonchev–Trinajstić information content (AvgIpc) is 2.04. The van der Waals surface area contributed by atoms with E-state index in [1.54, 1.807) is 0 Å². The van der Waals surface area contributed by atoms with Crippen LogP contribution in [0.5, 0.6) is 0 Å². The molecule has 0 aromatic rings. The molecule has 0 spiro atoms. The maximum atomic E-state index is 10.9. The monoisotopic (exact) mass is 176 g/mol. The van der Waals surface area contributed by atoms with Crippen LogP contribution >= 0.6 is 11.6 Å². The fourth-order valence-corrected chi connectivity index (χ4v) is 1.08. The van der Waals surface area contributed by atoms with E-state index in [1.807, 2.05) is 0 Å². The van der Waals surface area contributed by atoms with Crippen molar-refractivity contribution in [1.29, 1.82) is 0 Å². The highest BCUT2D eigenvalue weighted by Crippen LogP contribution is 2.00. The van der Waals surface area contributed by atoms with Crippen molar-refractivity contribution in [3.05, 3.63) is 0 Å². The highest BCUT2D eigenvalue weighted by Gasteiger charge is 2.22. The van der Waals surface area contributed by atoms with Gasteiger partial charge in [-0.2, -0.15) is 0 Å². The minimum absolute atomic E-state index is 0.132. The van der Waals surface area contributed by atoms with Gasteiger partial charge in [0.1, 0.15) is 5.88 Å². The Morgan fingerprint density at radius 2 is 2.45 bits per heavy atom. The van der Waals surface area contributed by atoms with Gasteiger partial charge < -0.3 is 5.32 Å². The van der Waals surface area contributed by atoms with Gasteiger partial charge in [-0.1, -0.05) is 0 Å². The van der Waals surface area contributed by atoms with Crippen LogP contribution in [0.2, 0.25) is 0 Å². The van der Waals surface area contributed by atoms with Crippen LogP contribution in [0.15, 0.2) is 0 Å². The molecule has 1 N–H and O–H groups in total. The minimum Gasteiger partial charge on any atom is -0.338 e. The standard InChI is InChI=1S/C6H9ClN2O2/c7-4-5(10)9-3-1-2-8-6(9)11/h1-4H2,(H,8,11). The molecule has 0 atom stereocenters. The zero-order chi connectivity index (χ0) is 8.27. The van der Waals surface area contributed by atoms with E-state index >= 15 is 0 Å². The van der Waals surface area contributed by atoms with E-state index in [1.165, 1.54) is 0 Å². The van der Waals surface area contributed by atoms with Crippen molar-refractivity contribution in [3.63, 3.8) is 0 Å². The molecule has 11 heavy (non-hydrogen) atoms. The number of urea groups is 1. The first kappa shape index (κ1) is 8.33. The number of amides is 3. The lowest BCUT2D eigenvalue weighted by molar-refractivity contribution is -0.126. The van der Waals surface area contributed by atoms with Crippen molar-refractivity contribution in [3.8, 4) is 0 Å². The predicted molar refractivity (Wildman–Crippen MR) is 40.4 cm³/mol. The number of hydrogen-bond acceptors (Lipinski definition) is 2. The highest BCUT2D eigenvalue weighted by molar-refractivity contribution is 6.28. The van der Waals surface area contributed by atoms with Gasteiger partial charge >= 0.3 is 6.03 Å². The number of carbonyl (C=O) groups excluding carboxylic acids is 2. The second-order valence-corrected chi connectivity index (χ2v) is 2.53. The highest BCUT2D eigenvalue weighted by atomic mass is 35.5. The second kappa shape index (κ2) is 3.57. The van der Waals surface area contributed by atoms with E-state index in [2.05, 4.69) is 5.32 Å². The van der Waals surface area contributed by atoms with Crippen LogP contribution in [-0.4, -0.2) is 35.8 Å². The molecule has 0 radical (unpaired) electrons. The van der Waals surface area contributed by atoms with Crippen molar-refractivity contribution in [2.45, 2.75) is 6.42 Å². The van der Waals surface area contributed by atoms with Gasteiger partial charge in [0.05, 0.1) is 0 Å². The molecular formula is C6H9ClN2O2. The summed E-state index contributed by atoms with van der Waals surface area (Å²) in [5, 5.41) is 2.55. The Morgan fingerprint density at radius 1 is 1.73 bits per heavy atom. The van der Waals surface area contributed by atoms with Crippen molar-refractivity contribution in [1.82, 2.24) is 10.2 Å². The molecule has 0 bridgehead atoms. The van der Waals surface area contributed by atoms with Crippen LogP contribution in [-0.2, 0) is 4.79 Å². The van der Waals surface area contributed by atoms with Gasteiger partial charge in [-0.05, 0) is 6.42 Å². The van der Waals surface area contributed by atoms with Gasteiger partial charge in [0.15, 0.2) is 0 Å². The first-order valence-corrected chi connectivity index (χ1v) is 3.93. The molecule has 0 saturated carbocycles. The van der Waals surface area contributed by atoms with E-state index in [0.29, 0.717) is 13.1 Å². The first-order chi connectivity index (χ1) is 5.25. The van der Waals surface area contributed by atoms with Crippen LogP contribution in [0.1, 0.15) is 6.42 Å². The molecule has 1 fully saturated rings. The fourth-order valence-electron chi connectivity index (χ4n) is 0.940. The third-order valence-electron chi connectivity index (χ3n) is 1.50. The Kier molecular flexibility index (Phi) is 2.70. The molecule has 1 aliphatic heterocycles. The van der Waals surface area contributed by atoms with E-state index in [-0.39, 0.29) is 17.8 Å². The number of rotatable bonds is 1. The van der Waals surface area contributed by atoms with Crippen molar-refractivity contribution in [2.24, 2.45) is 0 Å². The summed E-state index contributed by atoms with van der Waals surface area (Å²) in [5.74, 6) is -0.461. The van der Waals surface area contributed by atoms with Crippen molar-refractivity contribution in [2.75, 3.05) is 19.0 Å². The van der Waals surface area contributed by atoms with Crippen molar-refractivity contribution < 1.29 is 9.59 Å². The summed E-state index contributed by atoms with van der Waals surface area (Å²) in [7, 11) is 0. The van der Waals surface area contributed by atoms with Gasteiger partial charge in [0.25, 0.3) is 0 Å². The molecule has 1 rings (SSSR count). The van der Waals surface area contributed by atoms with Gasteiger partial charge in [0.2, 0.25) is 5.91 Å². The normalized spacial score (nSPS) is 17.9. The summed E-state index contributed by atoms with van der Waals surface area (Å²) < 4.78 is 0. The van der Waals surface area contributed by atoms with E-state index in [9.17, 15) is 9.59 Å². The Bertz CT molecular complexity index is 175. The molecule has 62 valence electrons. The van der Waals surface area contributed by atoms with Crippen LogP contribution < -0.4 is 5.32 Å². The van der Waals surface area contributed by atoms with E-state index in [4.69, 9.17) is 11.6 Å². The predicted octanol–water partition coefficient (Wildman–Crippen LogP) is 0.167. The van der Waals surface area contributed by atoms with Gasteiger partial charge in [-0.15, -0.1) is 11.6 Å². The average molecular weight is 177 g/mol. The lowest BCUT2D eigenvalue weighted by Crippen LogP contribution is -2.49. The Balaban J connectivity index is 2.54. The van der Waals surface area contributed by atoms with E-state index in [0.717, 1.165) is 11.3 Å². The molecule has 1 saturated heterocycles. The lowest BCUT2D eigenvalue weighted by atomic mass is 10.3. The van der Waals surface area contributed by atoms with Crippen LogP contribution in [0.4, 0.5) is 4.79 Å². The molecule has 0 aromatic carbocycles. The molecule has 1 heterocycles. The summed E-state index contributed by atoms with van der Waals surface area (Å²) in [6, 6.07) is -0.332. The third kappa shape index (κ3) is 1.83. The van der Waals surface area contributed by atoms with E-state index < -0.39 is 0 Å². The van der Waals surface area contributed by atoms with Gasteiger partial charge in [0, 0.05) is 13.1 Å². The summed E-state index contributed by atoms with van der Waals surface area (Å²) in [5.41, 5.74) is 0. The number of halogens is 1. The maximum Gasteiger partial charge on any atom is 0.324 e. The summed E-state index contributed by atoms with van der Waals surface area (Å²) in [6.07, 6.45) is 0.800. The molecule has 4 nitrogen and oxygen atoms in total. The van der Waals surface area contributed by atoms with Gasteiger partial charge in [-0.25, -0.2) is 4.79 Å². The van der Waals surface area contributed by atoms with Crippen LogP contribution in [0.25, 0.3) is 0 Å².